The molecule has 2 rings (SSSR count). The Bertz CT molecular complexity index is 475. The highest BCUT2D eigenvalue weighted by molar-refractivity contribution is 7.99. The van der Waals surface area contributed by atoms with E-state index in [1.54, 1.807) is 26.0 Å². The molecule has 1 fully saturated rings. The van der Waals surface area contributed by atoms with Crippen LogP contribution in [0, 0.1) is 0 Å². The van der Waals surface area contributed by atoms with E-state index in [9.17, 15) is 4.79 Å². The van der Waals surface area contributed by atoms with Crippen molar-refractivity contribution in [1.29, 1.82) is 0 Å². The zero-order valence-electron chi connectivity index (χ0n) is 11.9. The largest absolute Gasteiger partial charge is 0.497 e. The summed E-state index contributed by atoms with van der Waals surface area (Å²) in [5, 5.41) is 6.17. The lowest BCUT2D eigenvalue weighted by Crippen LogP contribution is -2.42. The topological polar surface area (TPSA) is 59.6 Å². The maximum Gasteiger partial charge on any atom is 0.238 e. The van der Waals surface area contributed by atoms with Crippen molar-refractivity contribution >= 4 is 17.7 Å². The maximum absolute atomic E-state index is 12.1. The molecule has 0 aromatic heterocycles. The highest BCUT2D eigenvalue weighted by Gasteiger charge is 2.24. The van der Waals surface area contributed by atoms with Crippen molar-refractivity contribution in [2.24, 2.45) is 0 Å². The zero-order chi connectivity index (χ0) is 14.5. The maximum atomic E-state index is 12.1. The fourth-order valence-electron chi connectivity index (χ4n) is 2.13. The first-order chi connectivity index (χ1) is 9.65. The Kier molecular flexibility index (Phi) is 5.14. The summed E-state index contributed by atoms with van der Waals surface area (Å²) >= 11 is 1.73. The van der Waals surface area contributed by atoms with Gasteiger partial charge in [-0.3, -0.25) is 10.1 Å². The number of nitrogens with one attached hydrogen (secondary N) is 2. The Balaban J connectivity index is 2.10. The molecule has 1 aliphatic heterocycles. The summed E-state index contributed by atoms with van der Waals surface area (Å²) in [5.41, 5.74) is 0.908. The lowest BCUT2D eigenvalue weighted by atomic mass is 10.1. The molecule has 0 bridgehead atoms. The molecule has 0 radical (unpaired) electrons. The lowest BCUT2D eigenvalue weighted by Gasteiger charge is -2.20. The summed E-state index contributed by atoms with van der Waals surface area (Å²) in [6.07, 6.45) is 0. The van der Waals surface area contributed by atoms with Crippen molar-refractivity contribution in [3.8, 4) is 11.5 Å². The zero-order valence-corrected chi connectivity index (χ0v) is 12.8. The van der Waals surface area contributed by atoms with Gasteiger partial charge in [0.15, 0.2) is 0 Å². The van der Waals surface area contributed by atoms with Gasteiger partial charge in [-0.2, -0.15) is 0 Å². The van der Waals surface area contributed by atoms with Crippen LogP contribution in [0.1, 0.15) is 18.5 Å². The standard InChI is InChI=1S/C14H20N2O3S/c1-9(16-14(17)12-7-20-8-15-12)11-6-10(18-2)4-5-13(11)19-3/h4-6,9,12,15H,7-8H2,1-3H3,(H,16,17). The second-order valence-electron chi connectivity index (χ2n) is 4.61. The minimum Gasteiger partial charge on any atom is -0.497 e. The van der Waals surface area contributed by atoms with Crippen molar-refractivity contribution in [2.75, 3.05) is 25.8 Å². The number of hydrogen-bond acceptors (Lipinski definition) is 5. The molecular weight excluding hydrogens is 276 g/mol. The van der Waals surface area contributed by atoms with Gasteiger partial charge in [0.05, 0.1) is 26.3 Å². The van der Waals surface area contributed by atoms with Crippen LogP contribution in [0.5, 0.6) is 11.5 Å². The first-order valence-corrected chi connectivity index (χ1v) is 7.64. The minimum atomic E-state index is -0.139. The van der Waals surface area contributed by atoms with Crippen molar-refractivity contribution in [3.63, 3.8) is 0 Å². The quantitative estimate of drug-likeness (QED) is 0.863. The summed E-state index contributed by atoms with van der Waals surface area (Å²) < 4.78 is 10.6. The summed E-state index contributed by atoms with van der Waals surface area (Å²) in [7, 11) is 3.24. The van der Waals surface area contributed by atoms with Crippen LogP contribution >= 0.6 is 11.8 Å². The highest BCUT2D eigenvalue weighted by Crippen LogP contribution is 2.29. The monoisotopic (exact) mass is 296 g/mol. The number of carbonyl (C=O) groups excluding carboxylic acids is 1. The molecule has 2 unspecified atom stereocenters. The summed E-state index contributed by atoms with van der Waals surface area (Å²) in [6, 6.07) is 5.33. The van der Waals surface area contributed by atoms with Crippen molar-refractivity contribution in [1.82, 2.24) is 10.6 Å². The molecule has 1 aliphatic rings. The smallest absolute Gasteiger partial charge is 0.238 e. The van der Waals surface area contributed by atoms with Crippen LogP contribution in [0.15, 0.2) is 18.2 Å². The van der Waals surface area contributed by atoms with Crippen LogP contribution < -0.4 is 20.1 Å². The van der Waals surface area contributed by atoms with E-state index in [1.165, 1.54) is 0 Å². The fourth-order valence-corrected chi connectivity index (χ4v) is 3.07. The molecule has 2 N–H and O–H groups in total. The molecule has 1 aromatic carbocycles. The van der Waals surface area contributed by atoms with Gasteiger partial charge in [-0.1, -0.05) is 0 Å². The van der Waals surface area contributed by atoms with Crippen LogP contribution in [-0.2, 0) is 4.79 Å². The minimum absolute atomic E-state index is 0.0207. The molecule has 0 saturated carbocycles. The van der Waals surface area contributed by atoms with E-state index >= 15 is 0 Å². The molecule has 20 heavy (non-hydrogen) atoms. The van der Waals surface area contributed by atoms with Gasteiger partial charge in [0.1, 0.15) is 11.5 Å². The lowest BCUT2D eigenvalue weighted by molar-refractivity contribution is -0.123. The average molecular weight is 296 g/mol. The number of ether oxygens (including phenoxy) is 2. The van der Waals surface area contributed by atoms with E-state index in [4.69, 9.17) is 9.47 Å². The van der Waals surface area contributed by atoms with Gasteiger partial charge >= 0.3 is 0 Å². The fraction of sp³-hybridized carbons (Fsp3) is 0.500. The third-order valence-electron chi connectivity index (χ3n) is 3.29. The SMILES string of the molecule is COc1ccc(OC)c(C(C)NC(=O)C2CSCN2)c1. The van der Waals surface area contributed by atoms with Gasteiger partial charge in [0, 0.05) is 17.2 Å². The number of thioether (sulfide) groups is 1. The Morgan fingerprint density at radius 2 is 2.25 bits per heavy atom. The molecule has 0 spiro atoms. The van der Waals surface area contributed by atoms with Gasteiger partial charge in [0.25, 0.3) is 0 Å². The molecule has 5 nitrogen and oxygen atoms in total. The molecule has 1 aromatic rings. The van der Waals surface area contributed by atoms with Gasteiger partial charge in [-0.15, -0.1) is 11.8 Å². The van der Waals surface area contributed by atoms with E-state index in [-0.39, 0.29) is 18.0 Å². The van der Waals surface area contributed by atoms with Gasteiger partial charge in [-0.25, -0.2) is 0 Å². The Hall–Kier alpha value is -1.40. The molecule has 1 heterocycles. The first kappa shape index (κ1) is 15.0. The predicted molar refractivity (Wildman–Crippen MR) is 80.4 cm³/mol. The molecule has 0 aliphatic carbocycles. The highest BCUT2D eigenvalue weighted by atomic mass is 32.2. The Morgan fingerprint density at radius 3 is 2.85 bits per heavy atom. The van der Waals surface area contributed by atoms with E-state index in [2.05, 4.69) is 10.6 Å². The van der Waals surface area contributed by atoms with E-state index < -0.39 is 0 Å². The van der Waals surface area contributed by atoms with Crippen LogP contribution in [-0.4, -0.2) is 37.8 Å². The molecule has 6 heteroatoms. The molecule has 110 valence electrons. The summed E-state index contributed by atoms with van der Waals surface area (Å²) in [4.78, 5) is 12.1. The molecule has 2 atom stereocenters. The van der Waals surface area contributed by atoms with Gasteiger partial charge in [0.2, 0.25) is 5.91 Å². The van der Waals surface area contributed by atoms with Crippen molar-refractivity contribution in [3.05, 3.63) is 23.8 Å². The summed E-state index contributed by atoms with van der Waals surface area (Å²) in [5.74, 6) is 3.15. The van der Waals surface area contributed by atoms with E-state index in [1.807, 2.05) is 25.1 Å². The number of amides is 1. The van der Waals surface area contributed by atoms with Gasteiger partial charge in [-0.05, 0) is 25.1 Å². The Morgan fingerprint density at radius 1 is 1.45 bits per heavy atom. The van der Waals surface area contributed by atoms with E-state index in [0.29, 0.717) is 0 Å². The third kappa shape index (κ3) is 3.37. The van der Waals surface area contributed by atoms with Crippen molar-refractivity contribution in [2.45, 2.75) is 19.0 Å². The van der Waals surface area contributed by atoms with Crippen molar-refractivity contribution < 1.29 is 14.3 Å². The molecule has 1 saturated heterocycles. The van der Waals surface area contributed by atoms with Crippen LogP contribution in [0.2, 0.25) is 0 Å². The molecular formula is C14H20N2O3S. The Labute approximate surface area is 123 Å². The number of benzene rings is 1. The number of hydrogen-bond donors (Lipinski definition) is 2. The van der Waals surface area contributed by atoms with Gasteiger partial charge < -0.3 is 14.8 Å². The van der Waals surface area contributed by atoms with Crippen LogP contribution in [0.25, 0.3) is 0 Å². The number of carbonyl (C=O) groups is 1. The third-order valence-corrected chi connectivity index (χ3v) is 4.23. The normalized spacial score (nSPS) is 19.4. The van der Waals surface area contributed by atoms with E-state index in [0.717, 1.165) is 28.7 Å². The second-order valence-corrected chi connectivity index (χ2v) is 5.64. The second kappa shape index (κ2) is 6.85. The molecule has 1 amide bonds. The first-order valence-electron chi connectivity index (χ1n) is 6.49. The number of methoxy groups -OCH3 is 2. The predicted octanol–water partition coefficient (Wildman–Crippen LogP) is 1.54. The average Bonchev–Trinajstić information content (AvgIpc) is 3.00. The van der Waals surface area contributed by atoms with Crippen LogP contribution in [0.4, 0.5) is 0 Å². The van der Waals surface area contributed by atoms with Crippen LogP contribution in [0.3, 0.4) is 0 Å². The number of rotatable bonds is 5. The summed E-state index contributed by atoms with van der Waals surface area (Å²) in [6.45, 7) is 1.94.